The first-order valence-electron chi connectivity index (χ1n) is 11.5. The zero-order valence-corrected chi connectivity index (χ0v) is 19.9. The monoisotopic (exact) mass is 455 g/mol. The third-order valence-corrected chi connectivity index (χ3v) is 7.23. The van der Waals surface area contributed by atoms with Crippen molar-refractivity contribution in [3.63, 3.8) is 0 Å². The fraction of sp³-hybridized carbons (Fsp3) is 0.542. The molecule has 172 valence electrons. The molecule has 2 aromatic rings. The first-order chi connectivity index (χ1) is 15.4. The summed E-state index contributed by atoms with van der Waals surface area (Å²) in [5.41, 5.74) is 2.67. The van der Waals surface area contributed by atoms with Crippen LogP contribution in [0.25, 0.3) is 0 Å². The fourth-order valence-electron chi connectivity index (χ4n) is 4.09. The minimum absolute atomic E-state index is 0.0359. The van der Waals surface area contributed by atoms with Gasteiger partial charge in [-0.1, -0.05) is 19.3 Å². The van der Waals surface area contributed by atoms with Crippen LogP contribution in [-0.2, 0) is 10.2 Å². The Morgan fingerprint density at radius 2 is 1.97 bits per heavy atom. The lowest BCUT2D eigenvalue weighted by Gasteiger charge is -2.14. The second kappa shape index (κ2) is 9.77. The SMILES string of the molecule is Cc1cc(SNC(C)C)ccc1Nc1ncc2c(n1)NC(=O)C21CC1.OC1CCCCC1. The Hall–Kier alpha value is -2.16. The Balaban J connectivity index is 0.000000300. The van der Waals surface area contributed by atoms with Crippen molar-refractivity contribution in [3.05, 3.63) is 35.5 Å². The van der Waals surface area contributed by atoms with E-state index in [9.17, 15) is 4.79 Å². The molecule has 1 amide bonds. The summed E-state index contributed by atoms with van der Waals surface area (Å²) in [6.07, 6.45) is 9.49. The second-order valence-electron chi connectivity index (χ2n) is 9.26. The number of anilines is 3. The molecule has 1 spiro atoms. The highest BCUT2D eigenvalue weighted by Gasteiger charge is 2.57. The third kappa shape index (κ3) is 5.24. The van der Waals surface area contributed by atoms with Crippen molar-refractivity contribution in [1.82, 2.24) is 14.7 Å². The van der Waals surface area contributed by atoms with Gasteiger partial charge in [-0.05, 0) is 82.2 Å². The summed E-state index contributed by atoms with van der Waals surface area (Å²) < 4.78 is 3.34. The maximum absolute atomic E-state index is 12.1. The van der Waals surface area contributed by atoms with Crippen LogP contribution in [0, 0.1) is 6.92 Å². The Morgan fingerprint density at radius 3 is 2.56 bits per heavy atom. The van der Waals surface area contributed by atoms with E-state index in [4.69, 9.17) is 5.11 Å². The van der Waals surface area contributed by atoms with Crippen LogP contribution in [0.15, 0.2) is 29.3 Å². The number of aromatic nitrogens is 2. The van der Waals surface area contributed by atoms with E-state index in [0.29, 0.717) is 17.8 Å². The molecule has 32 heavy (non-hydrogen) atoms. The number of benzene rings is 1. The number of hydrogen-bond donors (Lipinski definition) is 4. The van der Waals surface area contributed by atoms with Crippen LogP contribution >= 0.6 is 11.9 Å². The van der Waals surface area contributed by atoms with Gasteiger partial charge in [0.05, 0.1) is 11.5 Å². The Morgan fingerprint density at radius 1 is 1.22 bits per heavy atom. The van der Waals surface area contributed by atoms with Gasteiger partial charge in [-0.3, -0.25) is 9.52 Å². The lowest BCUT2D eigenvalue weighted by atomic mass is 9.98. The molecule has 0 saturated heterocycles. The number of fused-ring (bicyclic) bond motifs is 2. The van der Waals surface area contributed by atoms with Gasteiger partial charge in [0.1, 0.15) is 5.82 Å². The summed E-state index contributed by atoms with van der Waals surface area (Å²) in [6.45, 7) is 6.28. The topological polar surface area (TPSA) is 99.2 Å². The van der Waals surface area contributed by atoms with Crippen LogP contribution in [0.2, 0.25) is 0 Å². The van der Waals surface area contributed by atoms with Gasteiger partial charge in [0.2, 0.25) is 11.9 Å². The molecule has 1 aromatic heterocycles. The maximum atomic E-state index is 12.1. The molecule has 3 aliphatic rings. The predicted molar refractivity (Wildman–Crippen MR) is 129 cm³/mol. The van der Waals surface area contributed by atoms with Crippen molar-refractivity contribution in [1.29, 1.82) is 0 Å². The molecular formula is C24H33N5O2S. The predicted octanol–water partition coefficient (Wildman–Crippen LogP) is 4.83. The molecule has 0 unspecified atom stereocenters. The molecule has 7 nitrogen and oxygen atoms in total. The lowest BCUT2D eigenvalue weighted by Crippen LogP contribution is -2.18. The minimum Gasteiger partial charge on any atom is -0.393 e. The highest BCUT2D eigenvalue weighted by Crippen LogP contribution is 2.54. The summed E-state index contributed by atoms with van der Waals surface area (Å²) in [5.74, 6) is 1.20. The smallest absolute Gasteiger partial charge is 0.236 e. The minimum atomic E-state index is -0.341. The van der Waals surface area contributed by atoms with Gasteiger partial charge in [0.25, 0.3) is 0 Å². The largest absolute Gasteiger partial charge is 0.393 e. The zero-order valence-electron chi connectivity index (χ0n) is 19.1. The van der Waals surface area contributed by atoms with E-state index < -0.39 is 0 Å². The molecule has 0 bridgehead atoms. The van der Waals surface area contributed by atoms with Crippen molar-refractivity contribution in [2.24, 2.45) is 0 Å². The van der Waals surface area contributed by atoms with Crippen LogP contribution in [0.1, 0.15) is 69.9 Å². The van der Waals surface area contributed by atoms with Gasteiger partial charge in [0, 0.05) is 28.4 Å². The molecule has 2 fully saturated rings. The molecule has 1 aromatic carbocycles. The maximum Gasteiger partial charge on any atom is 0.236 e. The van der Waals surface area contributed by atoms with Crippen molar-refractivity contribution in [2.45, 2.75) is 88.2 Å². The van der Waals surface area contributed by atoms with Crippen LogP contribution < -0.4 is 15.4 Å². The molecule has 2 aliphatic carbocycles. The number of carbonyl (C=O) groups is 1. The molecule has 8 heteroatoms. The summed E-state index contributed by atoms with van der Waals surface area (Å²) in [6, 6.07) is 6.63. The quantitative estimate of drug-likeness (QED) is 0.479. The molecule has 2 heterocycles. The van der Waals surface area contributed by atoms with Gasteiger partial charge < -0.3 is 15.7 Å². The van der Waals surface area contributed by atoms with Crippen LogP contribution in [0.5, 0.6) is 0 Å². The number of aliphatic hydroxyl groups is 1. The molecule has 0 atom stereocenters. The normalized spacial score (nSPS) is 18.7. The number of aliphatic hydroxyl groups excluding tert-OH is 1. The zero-order chi connectivity index (χ0) is 22.7. The second-order valence-corrected chi connectivity index (χ2v) is 10.2. The van der Waals surface area contributed by atoms with E-state index in [1.165, 1.54) is 19.3 Å². The van der Waals surface area contributed by atoms with E-state index in [1.54, 1.807) is 18.1 Å². The average molecular weight is 456 g/mol. The van der Waals surface area contributed by atoms with Gasteiger partial charge in [-0.2, -0.15) is 4.98 Å². The summed E-state index contributed by atoms with van der Waals surface area (Å²) in [5, 5.41) is 15.0. The van der Waals surface area contributed by atoms with Crippen molar-refractivity contribution >= 4 is 35.3 Å². The highest BCUT2D eigenvalue weighted by atomic mass is 32.2. The van der Waals surface area contributed by atoms with E-state index >= 15 is 0 Å². The highest BCUT2D eigenvalue weighted by molar-refractivity contribution is 7.97. The number of carbonyl (C=O) groups excluding carboxylic acids is 1. The number of amides is 1. The molecular weight excluding hydrogens is 422 g/mol. The summed E-state index contributed by atoms with van der Waals surface area (Å²) in [4.78, 5) is 22.1. The van der Waals surface area contributed by atoms with E-state index in [0.717, 1.165) is 47.4 Å². The van der Waals surface area contributed by atoms with Crippen molar-refractivity contribution < 1.29 is 9.90 Å². The van der Waals surface area contributed by atoms with Gasteiger partial charge >= 0.3 is 0 Å². The third-order valence-electron chi connectivity index (χ3n) is 6.15. The molecule has 2 saturated carbocycles. The standard InChI is InChI=1S/C18H21N5OS.C6H12O/c1-10(2)23-25-12-4-5-14(11(3)8-12)20-17-19-9-13-15(22-17)21-16(24)18(13)6-7-18;7-6-4-2-1-3-5-6/h4-5,8-10,23H,6-7H2,1-3H3,(H2,19,20,21,22,24);6-7H,1-5H2. The van der Waals surface area contributed by atoms with Crippen LogP contribution in [0.4, 0.5) is 17.5 Å². The van der Waals surface area contributed by atoms with Gasteiger partial charge in [-0.25, -0.2) is 4.98 Å². The summed E-state index contributed by atoms with van der Waals surface area (Å²) in [7, 11) is 0. The molecule has 1 aliphatic heterocycles. The van der Waals surface area contributed by atoms with Crippen molar-refractivity contribution in [2.75, 3.05) is 10.6 Å². The van der Waals surface area contributed by atoms with Crippen molar-refractivity contribution in [3.8, 4) is 0 Å². The van der Waals surface area contributed by atoms with Crippen LogP contribution in [0.3, 0.4) is 0 Å². The number of nitrogens with zero attached hydrogens (tertiary/aromatic N) is 2. The first kappa shape index (κ1) is 23.0. The number of hydrogen-bond acceptors (Lipinski definition) is 7. The Kier molecular flexibility index (Phi) is 7.02. The Labute approximate surface area is 194 Å². The van der Waals surface area contributed by atoms with Crippen LogP contribution in [-0.4, -0.2) is 33.1 Å². The lowest BCUT2D eigenvalue weighted by molar-refractivity contribution is -0.117. The molecule has 5 rings (SSSR count). The first-order valence-corrected chi connectivity index (χ1v) is 12.4. The number of rotatable bonds is 5. The van der Waals surface area contributed by atoms with Gasteiger partial charge in [-0.15, -0.1) is 0 Å². The van der Waals surface area contributed by atoms with E-state index in [2.05, 4.69) is 58.2 Å². The number of aryl methyl sites for hydroxylation is 1. The fourth-order valence-corrected chi connectivity index (χ4v) is 4.83. The van der Waals surface area contributed by atoms with E-state index in [1.807, 2.05) is 6.07 Å². The van der Waals surface area contributed by atoms with Gasteiger partial charge in [0.15, 0.2) is 0 Å². The molecule has 0 radical (unpaired) electrons. The Bertz CT molecular complexity index is 971. The summed E-state index contributed by atoms with van der Waals surface area (Å²) >= 11 is 1.62. The number of nitrogens with one attached hydrogen (secondary N) is 3. The molecule has 4 N–H and O–H groups in total. The van der Waals surface area contributed by atoms with E-state index in [-0.39, 0.29) is 17.4 Å². The average Bonchev–Trinajstić information content (AvgIpc) is 3.52.